The fourth-order valence-corrected chi connectivity index (χ4v) is 19.1. The van der Waals surface area contributed by atoms with Crippen LogP contribution in [0.4, 0.5) is 34.1 Å². The highest BCUT2D eigenvalue weighted by Gasteiger charge is 2.54. The van der Waals surface area contributed by atoms with E-state index in [0.29, 0.717) is 0 Å². The summed E-state index contributed by atoms with van der Waals surface area (Å²) in [7, 11) is 0. The van der Waals surface area contributed by atoms with Crippen molar-refractivity contribution in [1.82, 2.24) is 0 Å². The maximum atomic E-state index is 2.89. The standard InChI is InChI=1S/C70H85BN2S/c1-63(2,3)44-16-18-46(19-17-44)72-56-36-53-52(67(10,11)25-26-68(53,12)13)35-55(56)71-60-57(72)31-45(70-38-41-28-42(39-70)30-43(29-41)40-70)32-58(60)73(47-20-21-49-50(33-47)65(6,7)23-22-64(49,4)5)61-48-34-51-54(37-59(48)74-62(61)71)69(14,15)27-24-66(51,8)9/h16-21,31-37,41-43H,22-30,38-40H2,1-15H3. The average Bonchev–Trinajstić information content (AvgIpc) is 3.75. The minimum atomic E-state index is 0.0656. The van der Waals surface area contributed by atoms with Gasteiger partial charge in [0.15, 0.2) is 0 Å². The summed E-state index contributed by atoms with van der Waals surface area (Å²) in [6.45, 7) is 37.5. The molecule has 2 aliphatic heterocycles. The van der Waals surface area contributed by atoms with Gasteiger partial charge in [0.25, 0.3) is 6.71 Å². The van der Waals surface area contributed by atoms with Gasteiger partial charge in [-0.1, -0.05) is 128 Å². The molecule has 0 spiro atoms. The van der Waals surface area contributed by atoms with Crippen LogP contribution < -0.4 is 25.5 Å². The van der Waals surface area contributed by atoms with Crippen molar-refractivity contribution < 1.29 is 0 Å². The van der Waals surface area contributed by atoms with Crippen molar-refractivity contribution >= 4 is 78.0 Å². The van der Waals surface area contributed by atoms with Crippen LogP contribution in [-0.2, 0) is 43.3 Å². The Balaban J connectivity index is 1.13. The van der Waals surface area contributed by atoms with Gasteiger partial charge in [-0.05, 0) is 248 Å². The van der Waals surface area contributed by atoms with Crippen molar-refractivity contribution in [2.24, 2.45) is 17.8 Å². The molecule has 0 saturated heterocycles. The van der Waals surface area contributed by atoms with Gasteiger partial charge in [-0.15, -0.1) is 11.3 Å². The van der Waals surface area contributed by atoms with Crippen LogP contribution in [0.3, 0.4) is 0 Å². The van der Waals surface area contributed by atoms with E-state index in [0.717, 1.165) is 17.8 Å². The molecular formula is C70H85BN2S. The molecule has 384 valence electrons. The van der Waals surface area contributed by atoms with Crippen molar-refractivity contribution in [3.8, 4) is 0 Å². The first-order valence-electron chi connectivity index (χ1n) is 29.5. The molecule has 9 aliphatic rings. The third-order valence-corrected chi connectivity index (χ3v) is 23.5. The first-order valence-corrected chi connectivity index (χ1v) is 30.3. The fourth-order valence-electron chi connectivity index (χ4n) is 17.7. The maximum absolute atomic E-state index is 2.89. The van der Waals surface area contributed by atoms with E-state index in [4.69, 9.17) is 0 Å². The van der Waals surface area contributed by atoms with Crippen LogP contribution in [0.5, 0.6) is 0 Å². The van der Waals surface area contributed by atoms with Crippen LogP contribution >= 0.6 is 11.3 Å². The highest BCUT2D eigenvalue weighted by molar-refractivity contribution is 7.33. The minimum Gasteiger partial charge on any atom is -0.311 e. The highest BCUT2D eigenvalue weighted by Crippen LogP contribution is 2.63. The Labute approximate surface area is 450 Å². The summed E-state index contributed by atoms with van der Waals surface area (Å²) < 4.78 is 2.99. The number of hydrogen-bond donors (Lipinski definition) is 0. The largest absolute Gasteiger partial charge is 0.311 e. The van der Waals surface area contributed by atoms with Crippen LogP contribution in [0.25, 0.3) is 10.1 Å². The maximum Gasteiger partial charge on any atom is 0.264 e. The second-order valence-corrected chi connectivity index (χ2v) is 32.3. The van der Waals surface area contributed by atoms with E-state index < -0.39 is 0 Å². The zero-order valence-corrected chi connectivity index (χ0v) is 48.9. The first kappa shape index (κ1) is 48.1. The van der Waals surface area contributed by atoms with Gasteiger partial charge in [-0.25, -0.2) is 0 Å². The number of rotatable bonds is 3. The summed E-state index contributed by atoms with van der Waals surface area (Å²) >= 11 is 2.13. The Bertz CT molecular complexity index is 3350. The summed E-state index contributed by atoms with van der Waals surface area (Å²) in [4.78, 5) is 5.69. The molecule has 5 aromatic carbocycles. The molecule has 4 heteroatoms. The number of thiophene rings is 1. The zero-order chi connectivity index (χ0) is 51.8. The average molecular weight is 997 g/mol. The van der Waals surface area contributed by atoms with Crippen LogP contribution in [0, 0.1) is 17.8 Å². The van der Waals surface area contributed by atoms with Crippen LogP contribution in [0.2, 0.25) is 0 Å². The van der Waals surface area contributed by atoms with E-state index in [9.17, 15) is 0 Å². The molecule has 1 aromatic heterocycles. The van der Waals surface area contributed by atoms with Gasteiger partial charge in [0.2, 0.25) is 0 Å². The van der Waals surface area contributed by atoms with E-state index in [-0.39, 0.29) is 50.0 Å². The number of nitrogens with zero attached hydrogens (tertiary/aromatic N) is 2. The molecule has 0 unspecified atom stereocenters. The third kappa shape index (κ3) is 6.79. The molecule has 0 radical (unpaired) electrons. The molecule has 3 heterocycles. The second-order valence-electron chi connectivity index (χ2n) is 31.2. The summed E-state index contributed by atoms with van der Waals surface area (Å²) in [5, 5.41) is 1.46. The molecule has 0 amide bonds. The number of hydrogen-bond acceptors (Lipinski definition) is 3. The van der Waals surface area contributed by atoms with Crippen LogP contribution in [0.15, 0.2) is 78.9 Å². The number of anilines is 6. The zero-order valence-electron chi connectivity index (χ0n) is 48.1. The predicted octanol–water partition coefficient (Wildman–Crippen LogP) is 17.8. The molecule has 74 heavy (non-hydrogen) atoms. The Morgan fingerprint density at radius 1 is 0.473 bits per heavy atom. The molecular weight excluding hydrogens is 912 g/mol. The van der Waals surface area contributed by atoms with Crippen molar-refractivity contribution in [1.29, 1.82) is 0 Å². The lowest BCUT2D eigenvalue weighted by Crippen LogP contribution is -2.61. The number of benzene rings is 5. The minimum absolute atomic E-state index is 0.0656. The fraction of sp³-hybridized carbons (Fsp3) is 0.543. The SMILES string of the molecule is CC(C)(C)c1ccc(N2c3cc4c(cc3B3c5sc6cc7c(cc6c5N(c5ccc6c(c5)C(C)(C)CCC6(C)C)c5cc(C68CC9CC(CC(C9)C6)C8)cc2c53)C(C)(C)CCC7(C)C)C(C)(C)CCC4(C)C)cc1. The summed E-state index contributed by atoms with van der Waals surface area (Å²) in [5.74, 6) is 2.57. The van der Waals surface area contributed by atoms with Gasteiger partial charge >= 0.3 is 0 Å². The smallest absolute Gasteiger partial charge is 0.264 e. The Morgan fingerprint density at radius 2 is 0.932 bits per heavy atom. The summed E-state index contributed by atoms with van der Waals surface area (Å²) in [6, 6.07) is 34.3. The summed E-state index contributed by atoms with van der Waals surface area (Å²) in [5.41, 5.74) is 24.6. The van der Waals surface area contributed by atoms with Crippen LogP contribution in [0.1, 0.15) is 225 Å². The lowest BCUT2D eigenvalue weighted by molar-refractivity contribution is -0.00514. The van der Waals surface area contributed by atoms with Gasteiger partial charge in [0.05, 0.1) is 5.69 Å². The van der Waals surface area contributed by atoms with Crippen molar-refractivity contribution in [3.63, 3.8) is 0 Å². The number of fused-ring (bicyclic) bond motifs is 9. The lowest BCUT2D eigenvalue weighted by atomic mass is 9.35. The predicted molar refractivity (Wildman–Crippen MR) is 320 cm³/mol. The molecule has 0 N–H and O–H groups in total. The van der Waals surface area contributed by atoms with Crippen molar-refractivity contribution in [2.75, 3.05) is 9.80 Å². The van der Waals surface area contributed by atoms with Crippen molar-refractivity contribution in [3.05, 3.63) is 123 Å². The molecule has 7 aliphatic carbocycles. The highest BCUT2D eigenvalue weighted by atomic mass is 32.1. The van der Waals surface area contributed by atoms with Crippen LogP contribution in [-0.4, -0.2) is 6.71 Å². The van der Waals surface area contributed by atoms with Gasteiger partial charge < -0.3 is 9.80 Å². The van der Waals surface area contributed by atoms with Gasteiger partial charge in [-0.3, -0.25) is 0 Å². The van der Waals surface area contributed by atoms with Gasteiger partial charge in [0, 0.05) is 43.3 Å². The van der Waals surface area contributed by atoms with E-state index in [1.54, 1.807) is 38.9 Å². The van der Waals surface area contributed by atoms with Crippen molar-refractivity contribution in [2.45, 2.75) is 224 Å². The Hall–Kier alpha value is -4.28. The van der Waals surface area contributed by atoms with E-state index in [1.165, 1.54) is 143 Å². The molecule has 4 saturated carbocycles. The lowest BCUT2D eigenvalue weighted by Gasteiger charge is -2.57. The van der Waals surface area contributed by atoms with Gasteiger partial charge in [-0.2, -0.15) is 0 Å². The second kappa shape index (κ2) is 15.0. The van der Waals surface area contributed by atoms with Gasteiger partial charge in [0.1, 0.15) is 0 Å². The quantitative estimate of drug-likeness (QED) is 0.163. The molecule has 4 bridgehead atoms. The first-order chi connectivity index (χ1) is 34.6. The Morgan fingerprint density at radius 3 is 1.47 bits per heavy atom. The monoisotopic (exact) mass is 997 g/mol. The van der Waals surface area contributed by atoms with E-state index >= 15 is 0 Å². The normalized spacial score (nSPS) is 27.5. The van der Waals surface area contributed by atoms with E-state index in [1.807, 2.05) is 0 Å². The molecule has 0 atom stereocenters. The topological polar surface area (TPSA) is 6.48 Å². The molecule has 2 nitrogen and oxygen atoms in total. The molecule has 15 rings (SSSR count). The molecule has 4 fully saturated rings. The Kier molecular flexibility index (Phi) is 9.79. The third-order valence-electron chi connectivity index (χ3n) is 22.3. The summed E-state index contributed by atoms with van der Waals surface area (Å²) in [6.07, 6.45) is 15.7. The van der Waals surface area contributed by atoms with E-state index in [2.05, 4.69) is 204 Å². The molecule has 6 aromatic rings.